The summed E-state index contributed by atoms with van der Waals surface area (Å²) < 4.78 is 1.56. The van der Waals surface area contributed by atoms with Gasteiger partial charge in [-0.1, -0.05) is 61.5 Å². The maximum atomic E-state index is 13.0. The lowest BCUT2D eigenvalue weighted by Gasteiger charge is -2.19. The lowest BCUT2D eigenvalue weighted by molar-refractivity contribution is -0.115. The fraction of sp³-hybridized carbons (Fsp3) is 0.375. The van der Waals surface area contributed by atoms with Crippen LogP contribution in [-0.2, 0) is 4.79 Å². The standard InChI is InChI=1S/C24H30N4O2S/c1-13(2)19-10-8-9-15(4)20(19)25-22(29)18(7)31-24-27-26-23(30)28(24)21-16(5)11-14(3)12-17(21)6/h8-13,18H,1-7H3,(H,25,29)(H,26,30). The first-order chi connectivity index (χ1) is 14.6. The second kappa shape index (κ2) is 9.14. The molecule has 31 heavy (non-hydrogen) atoms. The summed E-state index contributed by atoms with van der Waals surface area (Å²) in [5.74, 6) is 0.169. The zero-order chi connectivity index (χ0) is 22.9. The molecule has 164 valence electrons. The van der Waals surface area contributed by atoms with Crippen molar-refractivity contribution in [2.24, 2.45) is 0 Å². The smallest absolute Gasteiger partial charge is 0.325 e. The van der Waals surface area contributed by atoms with Crippen molar-refractivity contribution >= 4 is 23.4 Å². The number of H-pyrrole nitrogens is 1. The molecule has 0 aliphatic rings. The number of nitrogens with one attached hydrogen (secondary N) is 2. The lowest BCUT2D eigenvalue weighted by Crippen LogP contribution is -2.25. The van der Waals surface area contributed by atoms with E-state index in [9.17, 15) is 9.59 Å². The number of hydrogen-bond donors (Lipinski definition) is 2. The van der Waals surface area contributed by atoms with Crippen LogP contribution in [0.15, 0.2) is 40.3 Å². The Hall–Kier alpha value is -2.80. The molecule has 1 unspecified atom stereocenters. The van der Waals surface area contributed by atoms with Crippen LogP contribution in [0, 0.1) is 27.7 Å². The normalized spacial score (nSPS) is 12.3. The minimum Gasteiger partial charge on any atom is -0.325 e. The van der Waals surface area contributed by atoms with Gasteiger partial charge in [0.25, 0.3) is 0 Å². The van der Waals surface area contributed by atoms with Crippen molar-refractivity contribution in [1.82, 2.24) is 14.8 Å². The number of aryl methyl sites for hydroxylation is 4. The molecule has 6 nitrogen and oxygen atoms in total. The molecule has 1 atom stereocenters. The predicted octanol–water partition coefficient (Wildman–Crippen LogP) is 5.04. The topological polar surface area (TPSA) is 79.8 Å². The van der Waals surface area contributed by atoms with Gasteiger partial charge in [-0.2, -0.15) is 0 Å². The maximum absolute atomic E-state index is 13.0. The summed E-state index contributed by atoms with van der Waals surface area (Å²) in [7, 11) is 0. The van der Waals surface area contributed by atoms with Crippen LogP contribution in [0.25, 0.3) is 5.69 Å². The van der Waals surface area contributed by atoms with Crippen LogP contribution in [-0.4, -0.2) is 25.9 Å². The van der Waals surface area contributed by atoms with Gasteiger partial charge in [0.2, 0.25) is 5.91 Å². The number of nitrogens with zero attached hydrogens (tertiary/aromatic N) is 2. The van der Waals surface area contributed by atoms with Gasteiger partial charge in [-0.25, -0.2) is 14.5 Å². The Bertz CT molecular complexity index is 1150. The van der Waals surface area contributed by atoms with Gasteiger partial charge in [0.1, 0.15) is 0 Å². The number of aromatic nitrogens is 3. The summed E-state index contributed by atoms with van der Waals surface area (Å²) in [6, 6.07) is 10.1. The second-order valence-electron chi connectivity index (χ2n) is 8.34. The number of hydrogen-bond acceptors (Lipinski definition) is 4. The predicted molar refractivity (Wildman–Crippen MR) is 128 cm³/mol. The highest BCUT2D eigenvalue weighted by atomic mass is 32.2. The summed E-state index contributed by atoms with van der Waals surface area (Å²) in [5.41, 5.74) is 6.60. The SMILES string of the molecule is Cc1cc(C)c(-n2c(SC(C)C(=O)Nc3c(C)cccc3C(C)C)n[nH]c2=O)c(C)c1. The molecular weight excluding hydrogens is 408 g/mol. The molecule has 2 N–H and O–H groups in total. The Kier molecular flexibility index (Phi) is 6.74. The van der Waals surface area contributed by atoms with E-state index < -0.39 is 5.25 Å². The van der Waals surface area contributed by atoms with E-state index >= 15 is 0 Å². The van der Waals surface area contributed by atoms with E-state index in [1.807, 2.05) is 65.0 Å². The van der Waals surface area contributed by atoms with E-state index in [1.165, 1.54) is 11.8 Å². The van der Waals surface area contributed by atoms with Crippen LogP contribution < -0.4 is 11.0 Å². The number of anilines is 1. The number of carbonyl (C=O) groups is 1. The van der Waals surface area contributed by atoms with Gasteiger partial charge in [0.15, 0.2) is 5.16 Å². The van der Waals surface area contributed by atoms with Gasteiger partial charge >= 0.3 is 5.69 Å². The Morgan fingerprint density at radius 2 is 1.71 bits per heavy atom. The number of carbonyl (C=O) groups excluding carboxylic acids is 1. The molecule has 7 heteroatoms. The van der Waals surface area contributed by atoms with E-state index in [0.717, 1.165) is 39.2 Å². The summed E-state index contributed by atoms with van der Waals surface area (Å²) in [6.45, 7) is 14.0. The molecule has 1 heterocycles. The summed E-state index contributed by atoms with van der Waals surface area (Å²) in [6.07, 6.45) is 0. The average molecular weight is 439 g/mol. The average Bonchev–Trinajstić information content (AvgIpc) is 3.02. The van der Waals surface area contributed by atoms with E-state index in [2.05, 4.69) is 29.4 Å². The third-order valence-electron chi connectivity index (χ3n) is 5.33. The van der Waals surface area contributed by atoms with Gasteiger partial charge in [-0.15, -0.1) is 5.10 Å². The Morgan fingerprint density at radius 1 is 1.06 bits per heavy atom. The van der Waals surface area contributed by atoms with Crippen LogP contribution in [0.3, 0.4) is 0 Å². The first-order valence-corrected chi connectivity index (χ1v) is 11.3. The summed E-state index contributed by atoms with van der Waals surface area (Å²) in [5, 5.41) is 9.85. The minimum atomic E-state index is -0.445. The Morgan fingerprint density at radius 3 is 2.32 bits per heavy atom. The van der Waals surface area contributed by atoms with Crippen molar-refractivity contribution in [2.75, 3.05) is 5.32 Å². The molecule has 0 spiro atoms. The number of thioether (sulfide) groups is 1. The molecule has 3 rings (SSSR count). The molecule has 0 aliphatic carbocycles. The number of aromatic amines is 1. The maximum Gasteiger partial charge on any atom is 0.348 e. The second-order valence-corrected chi connectivity index (χ2v) is 9.65. The van der Waals surface area contributed by atoms with Crippen LogP contribution in [0.5, 0.6) is 0 Å². The molecule has 0 saturated heterocycles. The zero-order valence-corrected chi connectivity index (χ0v) is 20.0. The third kappa shape index (κ3) is 4.77. The van der Waals surface area contributed by atoms with Crippen LogP contribution in [0.2, 0.25) is 0 Å². The molecule has 2 aromatic carbocycles. The molecule has 0 saturated carbocycles. The van der Waals surface area contributed by atoms with Crippen molar-refractivity contribution in [3.05, 3.63) is 68.6 Å². The van der Waals surface area contributed by atoms with Crippen LogP contribution >= 0.6 is 11.8 Å². The number of amides is 1. The van der Waals surface area contributed by atoms with E-state index in [1.54, 1.807) is 4.57 Å². The minimum absolute atomic E-state index is 0.124. The van der Waals surface area contributed by atoms with E-state index in [0.29, 0.717) is 11.1 Å². The molecule has 0 fully saturated rings. The number of para-hydroxylation sites is 1. The molecule has 0 bridgehead atoms. The number of rotatable bonds is 6. The van der Waals surface area contributed by atoms with Crippen LogP contribution in [0.4, 0.5) is 5.69 Å². The number of benzene rings is 2. The molecule has 0 aliphatic heterocycles. The zero-order valence-electron chi connectivity index (χ0n) is 19.2. The van der Waals surface area contributed by atoms with Crippen molar-refractivity contribution < 1.29 is 4.79 Å². The molecule has 0 radical (unpaired) electrons. The fourth-order valence-corrected chi connectivity index (χ4v) is 4.72. The van der Waals surface area contributed by atoms with Crippen molar-refractivity contribution in [1.29, 1.82) is 0 Å². The molecule has 1 amide bonds. The van der Waals surface area contributed by atoms with Crippen molar-refractivity contribution in [3.8, 4) is 5.69 Å². The molecule has 1 aromatic heterocycles. The van der Waals surface area contributed by atoms with Gasteiger partial charge in [-0.3, -0.25) is 4.79 Å². The highest BCUT2D eigenvalue weighted by molar-refractivity contribution is 8.00. The summed E-state index contributed by atoms with van der Waals surface area (Å²) in [4.78, 5) is 25.6. The monoisotopic (exact) mass is 438 g/mol. The van der Waals surface area contributed by atoms with Gasteiger partial charge in [0.05, 0.1) is 10.9 Å². The highest BCUT2D eigenvalue weighted by Gasteiger charge is 2.23. The largest absolute Gasteiger partial charge is 0.348 e. The van der Waals surface area contributed by atoms with Crippen molar-refractivity contribution in [3.63, 3.8) is 0 Å². The van der Waals surface area contributed by atoms with Gasteiger partial charge < -0.3 is 5.32 Å². The first kappa shape index (κ1) is 22.9. The quantitative estimate of drug-likeness (QED) is 0.529. The van der Waals surface area contributed by atoms with Crippen molar-refractivity contribution in [2.45, 2.75) is 64.8 Å². The molecule has 3 aromatic rings. The highest BCUT2D eigenvalue weighted by Crippen LogP contribution is 2.30. The van der Waals surface area contributed by atoms with E-state index in [4.69, 9.17) is 0 Å². The van der Waals surface area contributed by atoms with Gasteiger partial charge in [0, 0.05) is 5.69 Å². The Labute approximate surface area is 187 Å². The fourth-order valence-electron chi connectivity index (χ4n) is 3.86. The summed E-state index contributed by atoms with van der Waals surface area (Å²) >= 11 is 1.26. The van der Waals surface area contributed by atoms with Crippen LogP contribution in [0.1, 0.15) is 54.5 Å². The van der Waals surface area contributed by atoms with E-state index in [-0.39, 0.29) is 11.6 Å². The first-order valence-electron chi connectivity index (χ1n) is 10.4. The molecular formula is C24H30N4O2S. The van der Waals surface area contributed by atoms with Gasteiger partial charge in [-0.05, 0) is 62.8 Å². The Balaban J connectivity index is 1.89. The third-order valence-corrected chi connectivity index (χ3v) is 6.38. The lowest BCUT2D eigenvalue weighted by atomic mass is 9.98.